The number of anilines is 1. The number of alkyl halides is 3. The zero-order chi connectivity index (χ0) is 28.4. The molecule has 0 unspecified atom stereocenters. The Morgan fingerprint density at radius 1 is 1.02 bits per heavy atom. The number of ether oxygens (including phenoxy) is 1. The van der Waals surface area contributed by atoms with Gasteiger partial charge in [-0.3, -0.25) is 4.98 Å². The summed E-state index contributed by atoms with van der Waals surface area (Å²) >= 11 is 0. The number of aromatic nitrogens is 3. The first-order chi connectivity index (χ1) is 19.7. The maximum absolute atomic E-state index is 16.4. The van der Waals surface area contributed by atoms with Gasteiger partial charge < -0.3 is 20.1 Å². The highest BCUT2D eigenvalue weighted by Gasteiger charge is 2.56. The summed E-state index contributed by atoms with van der Waals surface area (Å²) in [5, 5.41) is 15.7. The zero-order valence-electron chi connectivity index (χ0n) is 22.2. The second kappa shape index (κ2) is 9.68. The van der Waals surface area contributed by atoms with Gasteiger partial charge in [-0.15, -0.1) is 0 Å². The third-order valence-electron chi connectivity index (χ3n) is 8.90. The summed E-state index contributed by atoms with van der Waals surface area (Å²) in [5.74, 6) is -0.399. The summed E-state index contributed by atoms with van der Waals surface area (Å²) in [7, 11) is 0. The Labute approximate surface area is 233 Å². The summed E-state index contributed by atoms with van der Waals surface area (Å²) in [5.41, 5.74) is -1.70. The van der Waals surface area contributed by atoms with Crippen molar-refractivity contribution in [1.29, 1.82) is 0 Å². The monoisotopic (exact) mass is 567 g/mol. The smallest absolute Gasteiger partial charge is 0.397 e. The van der Waals surface area contributed by atoms with Crippen LogP contribution in [0, 0.1) is 11.2 Å². The van der Waals surface area contributed by atoms with Crippen molar-refractivity contribution in [2.24, 2.45) is 5.41 Å². The van der Waals surface area contributed by atoms with E-state index in [9.17, 15) is 18.3 Å². The molecule has 4 aromatic rings. The van der Waals surface area contributed by atoms with Crippen molar-refractivity contribution in [1.82, 2.24) is 20.3 Å². The minimum Gasteiger partial charge on any atom is -0.508 e. The van der Waals surface area contributed by atoms with Crippen LogP contribution >= 0.6 is 0 Å². The lowest BCUT2D eigenvalue weighted by Gasteiger charge is -2.34. The number of fused-ring (bicyclic) bond motifs is 4. The van der Waals surface area contributed by atoms with Gasteiger partial charge in [0, 0.05) is 36.9 Å². The molecule has 3 aliphatic rings. The predicted molar refractivity (Wildman–Crippen MR) is 147 cm³/mol. The molecule has 2 N–H and O–H groups in total. The van der Waals surface area contributed by atoms with Crippen molar-refractivity contribution in [3.63, 3.8) is 0 Å². The number of hydrogen-bond donors (Lipinski definition) is 2. The maximum atomic E-state index is 16.4. The molecule has 2 saturated heterocycles. The predicted octanol–water partition coefficient (Wildman–Crippen LogP) is 6.13. The molecule has 0 radical (unpaired) electrons. The average molecular weight is 568 g/mol. The fourth-order valence-corrected chi connectivity index (χ4v) is 6.74. The fourth-order valence-electron chi connectivity index (χ4n) is 6.74. The molecule has 0 spiro atoms. The number of aromatic hydroxyl groups is 1. The topological polar surface area (TPSA) is 83.4 Å². The first-order valence-electron chi connectivity index (χ1n) is 14.0. The van der Waals surface area contributed by atoms with E-state index in [-0.39, 0.29) is 47.9 Å². The molecule has 7 nitrogen and oxygen atoms in total. The van der Waals surface area contributed by atoms with Gasteiger partial charge in [0.2, 0.25) is 0 Å². The Morgan fingerprint density at radius 3 is 2.49 bits per heavy atom. The molecule has 4 heterocycles. The van der Waals surface area contributed by atoms with E-state index in [1.165, 1.54) is 12.3 Å². The molecular formula is C30H29F4N5O2. The van der Waals surface area contributed by atoms with E-state index in [2.05, 4.69) is 20.3 Å². The Balaban J connectivity index is 1.36. The second-order valence-electron chi connectivity index (χ2n) is 11.5. The number of nitrogens with zero attached hydrogens (tertiary/aromatic N) is 4. The Hall–Kier alpha value is -3.73. The van der Waals surface area contributed by atoms with Crippen LogP contribution in [-0.2, 0) is 0 Å². The lowest BCUT2D eigenvalue weighted by molar-refractivity contribution is -0.231. The van der Waals surface area contributed by atoms with Crippen molar-refractivity contribution in [2.45, 2.75) is 56.8 Å². The van der Waals surface area contributed by atoms with Gasteiger partial charge in [0.05, 0.1) is 5.39 Å². The van der Waals surface area contributed by atoms with Gasteiger partial charge in [-0.05, 0) is 48.6 Å². The third kappa shape index (κ3) is 4.50. The minimum absolute atomic E-state index is 0.0227. The average Bonchev–Trinajstić information content (AvgIpc) is 3.58. The van der Waals surface area contributed by atoms with E-state index < -0.39 is 24.0 Å². The van der Waals surface area contributed by atoms with Gasteiger partial charge in [0.1, 0.15) is 34.8 Å². The van der Waals surface area contributed by atoms with Crippen LogP contribution < -0.4 is 15.0 Å². The zero-order valence-corrected chi connectivity index (χ0v) is 22.2. The van der Waals surface area contributed by atoms with Crippen LogP contribution in [0.4, 0.5) is 23.4 Å². The molecule has 3 fully saturated rings. The van der Waals surface area contributed by atoms with Crippen molar-refractivity contribution in [3.8, 4) is 23.0 Å². The highest BCUT2D eigenvalue weighted by Crippen LogP contribution is 2.50. The van der Waals surface area contributed by atoms with E-state index >= 15 is 4.39 Å². The molecule has 2 atom stereocenters. The highest BCUT2D eigenvalue weighted by atomic mass is 19.4. The maximum Gasteiger partial charge on any atom is 0.397 e. The standard InChI is InChI=1S/C30H29F4N5O2/c31-24-25(22-12-20(40)11-17-5-1-2-6-21(17)22)35-13-23-26(24)37-28(41-16-29(30(32,33)34)9-3-4-10-29)38-27(23)39-14-18-7-8-19(15-39)36-18/h1-2,5-6,11-13,18-19,36,40H,3-4,7-10,14-16H2/t18-,19+. The van der Waals surface area contributed by atoms with Gasteiger partial charge in [-0.2, -0.15) is 23.1 Å². The lowest BCUT2D eigenvalue weighted by Crippen LogP contribution is -2.51. The third-order valence-corrected chi connectivity index (χ3v) is 8.90. The Kier molecular flexibility index (Phi) is 6.18. The Bertz CT molecular complexity index is 1630. The number of phenolic OH excluding ortho intramolecular Hbond substituents is 1. The molecule has 2 aromatic carbocycles. The summed E-state index contributed by atoms with van der Waals surface area (Å²) < 4.78 is 64.3. The molecule has 11 heteroatoms. The normalized spacial score (nSPS) is 22.1. The fraction of sp³-hybridized carbons (Fsp3) is 0.433. The molecule has 214 valence electrons. The molecule has 7 rings (SSSR count). The number of hydrogen-bond acceptors (Lipinski definition) is 7. The van der Waals surface area contributed by atoms with E-state index in [1.54, 1.807) is 6.07 Å². The number of benzene rings is 2. The van der Waals surface area contributed by atoms with Crippen molar-refractivity contribution in [2.75, 3.05) is 24.6 Å². The summed E-state index contributed by atoms with van der Waals surface area (Å²) in [6, 6.07) is 10.5. The SMILES string of the molecule is Oc1cc(-c2ncc3c(N4C[C@H]5CC[C@@H](C4)N5)nc(OCC4(C(F)(F)F)CCCC4)nc3c2F)c2ccccc2c1. The van der Waals surface area contributed by atoms with E-state index in [0.29, 0.717) is 53.5 Å². The van der Waals surface area contributed by atoms with Crippen LogP contribution in [-0.4, -0.2) is 58.0 Å². The van der Waals surface area contributed by atoms with Gasteiger partial charge in [0.25, 0.3) is 0 Å². The largest absolute Gasteiger partial charge is 0.508 e. The van der Waals surface area contributed by atoms with Gasteiger partial charge in [0.15, 0.2) is 5.82 Å². The quantitative estimate of drug-likeness (QED) is 0.281. The number of nitrogens with one attached hydrogen (secondary N) is 1. The first-order valence-corrected chi connectivity index (χ1v) is 14.0. The van der Waals surface area contributed by atoms with Crippen LogP contribution in [0.1, 0.15) is 38.5 Å². The first kappa shape index (κ1) is 26.2. The second-order valence-corrected chi connectivity index (χ2v) is 11.5. The summed E-state index contributed by atoms with van der Waals surface area (Å²) in [4.78, 5) is 15.4. The molecule has 41 heavy (non-hydrogen) atoms. The van der Waals surface area contributed by atoms with Crippen LogP contribution in [0.2, 0.25) is 0 Å². The molecule has 2 aliphatic heterocycles. The van der Waals surface area contributed by atoms with Crippen LogP contribution in [0.5, 0.6) is 11.8 Å². The Morgan fingerprint density at radius 2 is 1.76 bits per heavy atom. The van der Waals surface area contributed by atoms with Crippen LogP contribution in [0.15, 0.2) is 42.6 Å². The molecule has 1 saturated carbocycles. The summed E-state index contributed by atoms with van der Waals surface area (Å²) in [6.07, 6.45) is -0.0267. The number of halogens is 4. The van der Waals surface area contributed by atoms with Gasteiger partial charge in [-0.25, -0.2) is 4.39 Å². The number of pyridine rings is 1. The molecule has 0 amide bonds. The van der Waals surface area contributed by atoms with E-state index in [4.69, 9.17) is 4.74 Å². The van der Waals surface area contributed by atoms with Crippen molar-refractivity contribution < 1.29 is 27.4 Å². The highest BCUT2D eigenvalue weighted by molar-refractivity contribution is 5.99. The minimum atomic E-state index is -4.43. The van der Waals surface area contributed by atoms with Gasteiger partial charge in [-0.1, -0.05) is 37.1 Å². The molecule has 1 aliphatic carbocycles. The molecular weight excluding hydrogens is 538 g/mol. The molecule has 2 aromatic heterocycles. The van der Waals surface area contributed by atoms with Crippen molar-refractivity contribution in [3.05, 3.63) is 48.4 Å². The number of piperazine rings is 1. The van der Waals surface area contributed by atoms with Crippen LogP contribution in [0.3, 0.4) is 0 Å². The van der Waals surface area contributed by atoms with Crippen LogP contribution in [0.25, 0.3) is 32.9 Å². The molecule has 2 bridgehead atoms. The van der Waals surface area contributed by atoms with E-state index in [1.807, 2.05) is 29.2 Å². The number of phenols is 1. The lowest BCUT2D eigenvalue weighted by atomic mass is 9.86. The van der Waals surface area contributed by atoms with E-state index in [0.717, 1.165) is 12.8 Å². The van der Waals surface area contributed by atoms with Gasteiger partial charge >= 0.3 is 12.2 Å². The summed E-state index contributed by atoms with van der Waals surface area (Å²) in [6.45, 7) is 0.620. The van der Waals surface area contributed by atoms with Crippen molar-refractivity contribution >= 4 is 27.5 Å². The number of rotatable bonds is 5.